The summed E-state index contributed by atoms with van der Waals surface area (Å²) in [7, 11) is 0. The Balaban J connectivity index is 2.21. The molecule has 0 aliphatic rings. The van der Waals surface area contributed by atoms with Gasteiger partial charge in [0.2, 0.25) is 0 Å². The molecule has 2 heteroatoms. The predicted octanol–water partition coefficient (Wildman–Crippen LogP) is 3.53. The summed E-state index contributed by atoms with van der Waals surface area (Å²) in [4.78, 5) is 0. The monoisotopic (exact) mass is 229 g/mol. The molecule has 1 aromatic heterocycles. The molecular weight excluding hydrogens is 210 g/mol. The van der Waals surface area contributed by atoms with Crippen molar-refractivity contribution >= 4 is 0 Å². The predicted molar refractivity (Wildman–Crippen MR) is 69.7 cm³/mol. The molecule has 0 aliphatic carbocycles. The van der Waals surface area contributed by atoms with E-state index < -0.39 is 0 Å². The number of hydrogen-bond acceptors (Lipinski definition) is 2. The number of rotatable bonds is 4. The third kappa shape index (κ3) is 2.98. The molecule has 90 valence electrons. The minimum atomic E-state index is -0.169. The SMILES string of the molecule is CC(C)Cc1cccc(C(N)c2ccco2)c1. The van der Waals surface area contributed by atoms with E-state index in [1.54, 1.807) is 6.26 Å². The third-order valence-corrected chi connectivity index (χ3v) is 2.80. The van der Waals surface area contributed by atoms with E-state index in [9.17, 15) is 0 Å². The van der Waals surface area contributed by atoms with Crippen molar-refractivity contribution in [1.29, 1.82) is 0 Å². The fraction of sp³-hybridized carbons (Fsp3) is 0.333. The Morgan fingerprint density at radius 2 is 2.00 bits per heavy atom. The summed E-state index contributed by atoms with van der Waals surface area (Å²) in [5, 5.41) is 0. The lowest BCUT2D eigenvalue weighted by Crippen LogP contribution is -2.11. The first-order valence-corrected chi connectivity index (χ1v) is 6.04. The van der Waals surface area contributed by atoms with Crippen LogP contribution in [-0.2, 0) is 6.42 Å². The van der Waals surface area contributed by atoms with Gasteiger partial charge in [0.25, 0.3) is 0 Å². The average Bonchev–Trinajstić information content (AvgIpc) is 2.81. The van der Waals surface area contributed by atoms with Crippen LogP contribution in [0.5, 0.6) is 0 Å². The highest BCUT2D eigenvalue weighted by Crippen LogP contribution is 2.21. The van der Waals surface area contributed by atoms with Gasteiger partial charge in [-0.3, -0.25) is 0 Å². The van der Waals surface area contributed by atoms with Crippen LogP contribution in [0, 0.1) is 5.92 Å². The molecule has 2 nitrogen and oxygen atoms in total. The standard InChI is InChI=1S/C15H19NO/c1-11(2)9-12-5-3-6-13(10-12)15(16)14-7-4-8-17-14/h3-8,10-11,15H,9,16H2,1-2H3. The zero-order valence-electron chi connectivity index (χ0n) is 10.4. The van der Waals surface area contributed by atoms with Gasteiger partial charge in [-0.15, -0.1) is 0 Å². The summed E-state index contributed by atoms with van der Waals surface area (Å²) in [6.07, 6.45) is 2.74. The van der Waals surface area contributed by atoms with Gasteiger partial charge in [0.05, 0.1) is 12.3 Å². The van der Waals surface area contributed by atoms with E-state index in [4.69, 9.17) is 10.2 Å². The van der Waals surface area contributed by atoms with Gasteiger partial charge in [-0.2, -0.15) is 0 Å². The lowest BCUT2D eigenvalue weighted by Gasteiger charge is -2.12. The molecule has 0 spiro atoms. The van der Waals surface area contributed by atoms with Gasteiger partial charge < -0.3 is 10.2 Å². The van der Waals surface area contributed by atoms with Crippen LogP contribution in [0.15, 0.2) is 47.1 Å². The molecular formula is C15H19NO. The Hall–Kier alpha value is -1.54. The van der Waals surface area contributed by atoms with E-state index in [0.717, 1.165) is 17.7 Å². The summed E-state index contributed by atoms with van der Waals surface area (Å²) < 4.78 is 5.35. The molecule has 0 radical (unpaired) electrons. The van der Waals surface area contributed by atoms with Crippen LogP contribution in [0.2, 0.25) is 0 Å². The quantitative estimate of drug-likeness (QED) is 0.871. The lowest BCUT2D eigenvalue weighted by atomic mass is 9.98. The molecule has 2 rings (SSSR count). The molecule has 0 aliphatic heterocycles. The summed E-state index contributed by atoms with van der Waals surface area (Å²) in [6.45, 7) is 4.44. The molecule has 0 bridgehead atoms. The molecule has 17 heavy (non-hydrogen) atoms. The van der Waals surface area contributed by atoms with Crippen molar-refractivity contribution in [2.75, 3.05) is 0 Å². The second-order valence-electron chi connectivity index (χ2n) is 4.84. The molecule has 0 fully saturated rings. The topological polar surface area (TPSA) is 39.2 Å². The van der Waals surface area contributed by atoms with E-state index >= 15 is 0 Å². The number of benzene rings is 1. The first-order valence-electron chi connectivity index (χ1n) is 6.04. The number of nitrogens with two attached hydrogens (primary N) is 1. The highest BCUT2D eigenvalue weighted by Gasteiger charge is 2.11. The third-order valence-electron chi connectivity index (χ3n) is 2.80. The number of furan rings is 1. The maximum Gasteiger partial charge on any atom is 0.124 e. The van der Waals surface area contributed by atoms with E-state index in [1.165, 1.54) is 5.56 Å². The van der Waals surface area contributed by atoms with Crippen LogP contribution in [-0.4, -0.2) is 0 Å². The van der Waals surface area contributed by atoms with Crippen LogP contribution >= 0.6 is 0 Å². The molecule has 0 amide bonds. The summed E-state index contributed by atoms with van der Waals surface area (Å²) in [6, 6.07) is 12.1. The minimum absolute atomic E-state index is 0.169. The molecule has 1 heterocycles. The Bertz CT molecular complexity index is 460. The summed E-state index contributed by atoms with van der Waals surface area (Å²) >= 11 is 0. The zero-order chi connectivity index (χ0) is 12.3. The Morgan fingerprint density at radius 1 is 1.18 bits per heavy atom. The van der Waals surface area contributed by atoms with Gasteiger partial charge in [0.1, 0.15) is 5.76 Å². The Morgan fingerprint density at radius 3 is 2.65 bits per heavy atom. The highest BCUT2D eigenvalue weighted by molar-refractivity contribution is 5.30. The molecule has 2 aromatic rings. The van der Waals surface area contributed by atoms with Crippen molar-refractivity contribution in [2.24, 2.45) is 11.7 Å². The van der Waals surface area contributed by atoms with E-state index in [-0.39, 0.29) is 6.04 Å². The smallest absolute Gasteiger partial charge is 0.124 e. The molecule has 1 aromatic carbocycles. The largest absolute Gasteiger partial charge is 0.467 e. The van der Waals surface area contributed by atoms with Crippen molar-refractivity contribution in [1.82, 2.24) is 0 Å². The van der Waals surface area contributed by atoms with E-state index in [2.05, 4.69) is 38.1 Å². The lowest BCUT2D eigenvalue weighted by molar-refractivity contribution is 0.489. The maximum atomic E-state index is 6.17. The molecule has 0 saturated carbocycles. The van der Waals surface area contributed by atoms with Crippen LogP contribution in [0.1, 0.15) is 36.8 Å². The Kier molecular flexibility index (Phi) is 3.64. The van der Waals surface area contributed by atoms with Crippen LogP contribution in [0.3, 0.4) is 0 Å². The van der Waals surface area contributed by atoms with Crippen molar-refractivity contribution in [3.8, 4) is 0 Å². The van der Waals surface area contributed by atoms with Gasteiger partial charge in [0.15, 0.2) is 0 Å². The molecule has 0 saturated heterocycles. The zero-order valence-corrected chi connectivity index (χ0v) is 10.4. The number of hydrogen-bond donors (Lipinski definition) is 1. The molecule has 2 N–H and O–H groups in total. The summed E-state index contributed by atoms with van der Waals surface area (Å²) in [5.41, 5.74) is 8.61. The fourth-order valence-electron chi connectivity index (χ4n) is 2.02. The fourth-order valence-corrected chi connectivity index (χ4v) is 2.02. The van der Waals surface area contributed by atoms with E-state index in [0.29, 0.717) is 5.92 Å². The van der Waals surface area contributed by atoms with Gasteiger partial charge >= 0.3 is 0 Å². The van der Waals surface area contributed by atoms with Crippen molar-refractivity contribution in [3.05, 3.63) is 59.5 Å². The second kappa shape index (κ2) is 5.19. The summed E-state index contributed by atoms with van der Waals surface area (Å²) in [5.74, 6) is 1.47. The van der Waals surface area contributed by atoms with Crippen molar-refractivity contribution in [2.45, 2.75) is 26.3 Å². The van der Waals surface area contributed by atoms with Gasteiger partial charge in [-0.25, -0.2) is 0 Å². The average molecular weight is 229 g/mol. The normalized spacial score (nSPS) is 12.9. The molecule has 1 unspecified atom stereocenters. The van der Waals surface area contributed by atoms with Crippen molar-refractivity contribution in [3.63, 3.8) is 0 Å². The van der Waals surface area contributed by atoms with Crippen LogP contribution < -0.4 is 5.73 Å². The first kappa shape index (κ1) is 11.9. The van der Waals surface area contributed by atoms with Gasteiger partial charge in [0, 0.05) is 0 Å². The van der Waals surface area contributed by atoms with Crippen molar-refractivity contribution < 1.29 is 4.42 Å². The van der Waals surface area contributed by atoms with Gasteiger partial charge in [-0.1, -0.05) is 38.1 Å². The Labute approximate surface area is 102 Å². The second-order valence-corrected chi connectivity index (χ2v) is 4.84. The van der Waals surface area contributed by atoms with E-state index in [1.807, 2.05) is 12.1 Å². The van der Waals surface area contributed by atoms with Gasteiger partial charge in [-0.05, 0) is 35.6 Å². The van der Waals surface area contributed by atoms with Crippen LogP contribution in [0.25, 0.3) is 0 Å². The van der Waals surface area contributed by atoms with Crippen LogP contribution in [0.4, 0.5) is 0 Å². The first-order chi connectivity index (χ1) is 8.16. The molecule has 1 atom stereocenters. The minimum Gasteiger partial charge on any atom is -0.467 e. The maximum absolute atomic E-state index is 6.17. The highest BCUT2D eigenvalue weighted by atomic mass is 16.3.